The summed E-state index contributed by atoms with van der Waals surface area (Å²) >= 11 is 9.41. The number of ether oxygens (including phenoxy) is 2. The van der Waals surface area contributed by atoms with E-state index < -0.39 is 0 Å². The van der Waals surface area contributed by atoms with Gasteiger partial charge in [0.25, 0.3) is 0 Å². The number of alkyl halides is 1. The zero-order chi connectivity index (χ0) is 13.8. The Bertz CT molecular complexity index is 430. The summed E-state index contributed by atoms with van der Waals surface area (Å²) in [6.07, 6.45) is 0.138. The van der Waals surface area contributed by atoms with Gasteiger partial charge in [0.15, 0.2) is 0 Å². The summed E-state index contributed by atoms with van der Waals surface area (Å²) in [6.45, 7) is 4.71. The molecule has 0 bridgehead atoms. The van der Waals surface area contributed by atoms with Crippen LogP contribution in [0.25, 0.3) is 0 Å². The fourth-order valence-electron chi connectivity index (χ4n) is 2.23. The summed E-state index contributed by atoms with van der Waals surface area (Å²) in [5.74, 6) is 1.41. The Balaban J connectivity index is 2.05. The van der Waals surface area contributed by atoms with E-state index in [1.807, 2.05) is 6.07 Å². The normalized spacial score (nSPS) is 24.4. The zero-order valence-electron chi connectivity index (χ0n) is 11.2. The van der Waals surface area contributed by atoms with Gasteiger partial charge in [-0.25, -0.2) is 0 Å². The molecule has 2 rings (SSSR count). The Morgan fingerprint density at radius 3 is 2.95 bits per heavy atom. The first-order chi connectivity index (χ1) is 9.13. The van der Waals surface area contributed by atoms with Crippen molar-refractivity contribution < 1.29 is 9.47 Å². The van der Waals surface area contributed by atoms with Gasteiger partial charge in [-0.05, 0) is 40.5 Å². The Kier molecular flexibility index (Phi) is 5.51. The number of nitrogens with zero attached hydrogens (tertiary/aromatic N) is 1. The zero-order valence-corrected chi connectivity index (χ0v) is 13.6. The van der Waals surface area contributed by atoms with Crippen molar-refractivity contribution >= 4 is 27.5 Å². The third kappa shape index (κ3) is 3.85. The van der Waals surface area contributed by atoms with Gasteiger partial charge in [-0.15, -0.1) is 11.6 Å². The average Bonchev–Trinajstić information content (AvgIpc) is 2.41. The van der Waals surface area contributed by atoms with E-state index in [-0.39, 0.29) is 6.10 Å². The third-order valence-electron chi connectivity index (χ3n) is 3.41. The lowest BCUT2D eigenvalue weighted by atomic mass is 10.1. The van der Waals surface area contributed by atoms with E-state index in [9.17, 15) is 0 Å². The largest absolute Gasteiger partial charge is 0.496 e. The molecule has 0 radical (unpaired) electrons. The molecule has 1 heterocycles. The standard InChI is InChI=1S/C14H19BrClNO2/c1-10-9-19-12(6-16)8-17(10)7-11-3-4-14(18-2)13(15)5-11/h3-5,10,12H,6-9H2,1-2H3. The van der Waals surface area contributed by atoms with Crippen molar-refractivity contribution in [3.63, 3.8) is 0 Å². The van der Waals surface area contributed by atoms with Crippen LogP contribution in [0.5, 0.6) is 5.75 Å². The lowest BCUT2D eigenvalue weighted by Gasteiger charge is -2.37. The summed E-state index contributed by atoms with van der Waals surface area (Å²) in [5.41, 5.74) is 1.26. The third-order valence-corrected chi connectivity index (χ3v) is 4.37. The molecule has 0 saturated carbocycles. The molecule has 2 atom stereocenters. The molecule has 1 aliphatic rings. The van der Waals surface area contributed by atoms with Gasteiger partial charge in [0.05, 0.1) is 24.3 Å². The van der Waals surface area contributed by atoms with E-state index in [1.54, 1.807) is 7.11 Å². The highest BCUT2D eigenvalue weighted by atomic mass is 79.9. The van der Waals surface area contributed by atoms with E-state index in [0.29, 0.717) is 11.9 Å². The number of morpholine rings is 1. The second-order valence-electron chi connectivity index (χ2n) is 4.86. The molecule has 1 aliphatic heterocycles. The summed E-state index contributed by atoms with van der Waals surface area (Å²) in [4.78, 5) is 2.41. The summed E-state index contributed by atoms with van der Waals surface area (Å²) in [6, 6.07) is 6.61. The Morgan fingerprint density at radius 1 is 1.53 bits per heavy atom. The molecule has 3 nitrogen and oxygen atoms in total. The lowest BCUT2D eigenvalue weighted by Crippen LogP contribution is -2.48. The summed E-state index contributed by atoms with van der Waals surface area (Å²) < 4.78 is 11.9. The van der Waals surface area contributed by atoms with E-state index in [4.69, 9.17) is 21.1 Å². The average molecular weight is 349 g/mol. The summed E-state index contributed by atoms with van der Waals surface area (Å²) in [7, 11) is 1.68. The second kappa shape index (κ2) is 6.93. The van der Waals surface area contributed by atoms with Crippen LogP contribution in [0.2, 0.25) is 0 Å². The van der Waals surface area contributed by atoms with Crippen molar-refractivity contribution in [2.24, 2.45) is 0 Å². The van der Waals surface area contributed by atoms with Gasteiger partial charge in [0.2, 0.25) is 0 Å². The molecule has 0 amide bonds. The first-order valence-electron chi connectivity index (χ1n) is 6.38. The van der Waals surface area contributed by atoms with E-state index in [1.165, 1.54) is 5.56 Å². The Labute approximate surface area is 128 Å². The van der Waals surface area contributed by atoms with Gasteiger partial charge in [-0.2, -0.15) is 0 Å². The molecule has 0 aliphatic carbocycles. The van der Waals surface area contributed by atoms with E-state index >= 15 is 0 Å². The molecule has 0 N–H and O–H groups in total. The van der Waals surface area contributed by atoms with Crippen molar-refractivity contribution in [3.8, 4) is 5.75 Å². The molecule has 0 spiro atoms. The minimum Gasteiger partial charge on any atom is -0.496 e. The smallest absolute Gasteiger partial charge is 0.133 e. The van der Waals surface area contributed by atoms with Crippen molar-refractivity contribution in [1.29, 1.82) is 0 Å². The minimum absolute atomic E-state index is 0.138. The number of hydrogen-bond donors (Lipinski definition) is 0. The van der Waals surface area contributed by atoms with Gasteiger partial charge in [0.1, 0.15) is 5.75 Å². The molecule has 0 aromatic heterocycles. The molecular formula is C14H19BrClNO2. The number of rotatable bonds is 4. The monoisotopic (exact) mass is 347 g/mol. The van der Waals surface area contributed by atoms with Crippen LogP contribution in [0.3, 0.4) is 0 Å². The Hall–Kier alpha value is -0.290. The van der Waals surface area contributed by atoms with Crippen molar-refractivity contribution in [1.82, 2.24) is 4.90 Å². The van der Waals surface area contributed by atoms with Gasteiger partial charge < -0.3 is 9.47 Å². The maximum absolute atomic E-state index is 5.89. The quantitative estimate of drug-likeness (QED) is 0.779. The first-order valence-corrected chi connectivity index (χ1v) is 7.70. The second-order valence-corrected chi connectivity index (χ2v) is 6.02. The van der Waals surface area contributed by atoms with Gasteiger partial charge in [-0.3, -0.25) is 4.90 Å². The highest BCUT2D eigenvalue weighted by Crippen LogP contribution is 2.26. The van der Waals surface area contributed by atoms with Crippen molar-refractivity contribution in [2.45, 2.75) is 25.6 Å². The van der Waals surface area contributed by atoms with Crippen LogP contribution in [0.4, 0.5) is 0 Å². The van der Waals surface area contributed by atoms with Gasteiger partial charge >= 0.3 is 0 Å². The summed E-state index contributed by atoms with van der Waals surface area (Å²) in [5, 5.41) is 0. The molecule has 5 heteroatoms. The molecule has 2 unspecified atom stereocenters. The maximum atomic E-state index is 5.89. The number of halogens is 2. The number of benzene rings is 1. The molecule has 1 fully saturated rings. The predicted octanol–water partition coefficient (Wildman–Crippen LogP) is 3.29. The van der Waals surface area contributed by atoms with Crippen LogP contribution in [-0.2, 0) is 11.3 Å². The highest BCUT2D eigenvalue weighted by molar-refractivity contribution is 9.10. The van der Waals surface area contributed by atoms with Crippen molar-refractivity contribution in [2.75, 3.05) is 26.1 Å². The molecule has 1 aromatic carbocycles. The van der Waals surface area contributed by atoms with Crippen LogP contribution in [-0.4, -0.2) is 43.2 Å². The van der Waals surface area contributed by atoms with Crippen molar-refractivity contribution in [3.05, 3.63) is 28.2 Å². The number of methoxy groups -OCH3 is 1. The van der Waals surface area contributed by atoms with Crippen LogP contribution >= 0.6 is 27.5 Å². The van der Waals surface area contributed by atoms with Crippen LogP contribution in [0, 0.1) is 0 Å². The van der Waals surface area contributed by atoms with Gasteiger partial charge in [-0.1, -0.05) is 6.07 Å². The molecule has 1 aromatic rings. The molecule has 19 heavy (non-hydrogen) atoms. The fraction of sp³-hybridized carbons (Fsp3) is 0.571. The maximum Gasteiger partial charge on any atom is 0.133 e. The fourth-order valence-corrected chi connectivity index (χ4v) is 3.01. The van der Waals surface area contributed by atoms with Gasteiger partial charge in [0, 0.05) is 25.0 Å². The van der Waals surface area contributed by atoms with Crippen LogP contribution in [0.1, 0.15) is 12.5 Å². The lowest BCUT2D eigenvalue weighted by molar-refractivity contribution is -0.0510. The number of hydrogen-bond acceptors (Lipinski definition) is 3. The molecule has 106 valence electrons. The van der Waals surface area contributed by atoms with Crippen LogP contribution in [0.15, 0.2) is 22.7 Å². The van der Waals surface area contributed by atoms with E-state index in [0.717, 1.165) is 29.9 Å². The highest BCUT2D eigenvalue weighted by Gasteiger charge is 2.25. The first kappa shape index (κ1) is 15.1. The van der Waals surface area contributed by atoms with E-state index in [2.05, 4.69) is 39.9 Å². The topological polar surface area (TPSA) is 21.7 Å². The molecular weight excluding hydrogens is 330 g/mol. The Morgan fingerprint density at radius 2 is 2.32 bits per heavy atom. The minimum atomic E-state index is 0.138. The SMILES string of the molecule is COc1ccc(CN2CC(CCl)OCC2C)cc1Br. The van der Waals surface area contributed by atoms with Crippen LogP contribution < -0.4 is 4.74 Å². The molecule has 1 saturated heterocycles. The predicted molar refractivity (Wildman–Crippen MR) is 81.0 cm³/mol.